The van der Waals surface area contributed by atoms with E-state index in [9.17, 15) is 13.9 Å². The van der Waals surface area contributed by atoms with Crippen LogP contribution in [0, 0.1) is 11.6 Å². The van der Waals surface area contributed by atoms with E-state index < -0.39 is 11.6 Å². The predicted molar refractivity (Wildman–Crippen MR) is 131 cm³/mol. The number of hydrogen-bond donors (Lipinski definition) is 2. The van der Waals surface area contributed by atoms with Crippen molar-refractivity contribution in [3.05, 3.63) is 108 Å². The number of benzene rings is 3. The first-order chi connectivity index (χ1) is 17.1. The molecule has 3 aromatic carbocycles. The van der Waals surface area contributed by atoms with Gasteiger partial charge in [-0.2, -0.15) is 0 Å². The van der Waals surface area contributed by atoms with Crippen LogP contribution < -0.4 is 5.32 Å². The Morgan fingerprint density at radius 2 is 1.71 bits per heavy atom. The molecule has 2 aromatic heterocycles. The third-order valence-electron chi connectivity index (χ3n) is 5.68. The number of halogens is 2. The Kier molecular flexibility index (Phi) is 6.45. The number of aromatic nitrogens is 4. The standard InChI is InChI=1S/C27H23F2N5O/c28-22-9-18(10-23(29)12-22)14-34-15-24(31-17-34)13-25(16-35)32-27-30-8-7-26(33-27)21-6-5-19-3-1-2-4-20(19)11-21/h1-12,15,17,25,35H,13-14,16H2,(H,30,32,33)/t25-/m0/s1. The van der Waals surface area contributed by atoms with Crippen LogP contribution in [0.2, 0.25) is 0 Å². The van der Waals surface area contributed by atoms with Gasteiger partial charge in [0, 0.05) is 37.0 Å². The molecule has 0 aliphatic heterocycles. The van der Waals surface area contributed by atoms with Crippen LogP contribution in [0.3, 0.4) is 0 Å². The minimum Gasteiger partial charge on any atom is -0.394 e. The average Bonchev–Trinajstić information content (AvgIpc) is 3.29. The second-order valence-electron chi connectivity index (χ2n) is 8.37. The molecule has 0 radical (unpaired) electrons. The Hall–Kier alpha value is -4.17. The van der Waals surface area contributed by atoms with E-state index in [1.54, 1.807) is 23.3 Å². The molecule has 0 spiro atoms. The lowest BCUT2D eigenvalue weighted by atomic mass is 10.1. The fourth-order valence-corrected chi connectivity index (χ4v) is 4.05. The molecule has 0 aliphatic rings. The number of fused-ring (bicyclic) bond motifs is 1. The molecule has 176 valence electrons. The quantitative estimate of drug-likeness (QED) is 0.339. The van der Waals surface area contributed by atoms with Gasteiger partial charge in [0.05, 0.1) is 30.4 Å². The Morgan fingerprint density at radius 1 is 0.914 bits per heavy atom. The molecule has 5 rings (SSSR count). The highest BCUT2D eigenvalue weighted by atomic mass is 19.1. The zero-order chi connectivity index (χ0) is 24.2. The monoisotopic (exact) mass is 471 g/mol. The molecule has 0 amide bonds. The first-order valence-corrected chi connectivity index (χ1v) is 11.2. The van der Waals surface area contributed by atoms with Gasteiger partial charge in [-0.3, -0.25) is 0 Å². The molecule has 0 saturated heterocycles. The van der Waals surface area contributed by atoms with E-state index in [0.717, 1.165) is 33.8 Å². The van der Waals surface area contributed by atoms with Gasteiger partial charge in [0.25, 0.3) is 0 Å². The molecule has 2 N–H and O–H groups in total. The Balaban J connectivity index is 1.27. The molecule has 0 unspecified atom stereocenters. The zero-order valence-electron chi connectivity index (χ0n) is 18.8. The van der Waals surface area contributed by atoms with Crippen molar-refractivity contribution < 1.29 is 13.9 Å². The third kappa shape index (κ3) is 5.50. The van der Waals surface area contributed by atoms with Gasteiger partial charge in [-0.15, -0.1) is 0 Å². The predicted octanol–water partition coefficient (Wildman–Crippen LogP) is 4.84. The van der Waals surface area contributed by atoms with Gasteiger partial charge in [-0.1, -0.05) is 36.4 Å². The maximum Gasteiger partial charge on any atom is 0.223 e. The SMILES string of the molecule is OC[C@H](Cc1cn(Cc2cc(F)cc(F)c2)cn1)Nc1nccc(-c2ccc3ccccc3c2)n1. The molecule has 35 heavy (non-hydrogen) atoms. The molecular formula is C27H23F2N5O. The molecule has 8 heteroatoms. The largest absolute Gasteiger partial charge is 0.394 e. The summed E-state index contributed by atoms with van der Waals surface area (Å²) in [6.07, 6.45) is 5.49. The maximum absolute atomic E-state index is 13.5. The zero-order valence-corrected chi connectivity index (χ0v) is 18.8. The molecule has 0 saturated carbocycles. The van der Waals surface area contributed by atoms with Crippen LogP contribution in [0.15, 0.2) is 85.5 Å². The number of aliphatic hydroxyl groups excluding tert-OH is 1. The fraction of sp³-hybridized carbons (Fsp3) is 0.148. The van der Waals surface area contributed by atoms with Gasteiger partial charge in [0.15, 0.2) is 0 Å². The third-order valence-corrected chi connectivity index (χ3v) is 5.68. The van der Waals surface area contributed by atoms with E-state index in [2.05, 4.69) is 44.5 Å². The highest BCUT2D eigenvalue weighted by Crippen LogP contribution is 2.23. The van der Waals surface area contributed by atoms with Crippen molar-refractivity contribution in [2.75, 3.05) is 11.9 Å². The van der Waals surface area contributed by atoms with Crippen molar-refractivity contribution in [3.63, 3.8) is 0 Å². The van der Waals surface area contributed by atoms with Crippen LogP contribution in [0.1, 0.15) is 11.3 Å². The second kappa shape index (κ2) is 9.99. The molecule has 1 atom stereocenters. The van der Waals surface area contributed by atoms with Gasteiger partial charge >= 0.3 is 0 Å². The molecule has 6 nitrogen and oxygen atoms in total. The number of nitrogens with zero attached hydrogens (tertiary/aromatic N) is 4. The minimum absolute atomic E-state index is 0.147. The topological polar surface area (TPSA) is 75.9 Å². The Bertz CT molecular complexity index is 1450. The summed E-state index contributed by atoms with van der Waals surface area (Å²) in [5.74, 6) is -0.823. The van der Waals surface area contributed by atoms with E-state index in [-0.39, 0.29) is 19.2 Å². The van der Waals surface area contributed by atoms with Crippen LogP contribution in [0.5, 0.6) is 0 Å². The van der Waals surface area contributed by atoms with Gasteiger partial charge in [-0.05, 0) is 40.6 Å². The normalized spacial score (nSPS) is 12.1. The maximum atomic E-state index is 13.5. The van der Waals surface area contributed by atoms with Crippen molar-refractivity contribution in [2.45, 2.75) is 19.0 Å². The molecule has 0 fully saturated rings. The van der Waals surface area contributed by atoms with Crippen LogP contribution in [-0.4, -0.2) is 37.3 Å². The van der Waals surface area contributed by atoms with Crippen molar-refractivity contribution in [1.82, 2.24) is 19.5 Å². The molecular weight excluding hydrogens is 448 g/mol. The number of nitrogens with one attached hydrogen (secondary N) is 1. The van der Waals surface area contributed by atoms with E-state index >= 15 is 0 Å². The van der Waals surface area contributed by atoms with Gasteiger partial charge in [0.1, 0.15) is 11.6 Å². The lowest BCUT2D eigenvalue weighted by molar-refractivity contribution is 0.272. The van der Waals surface area contributed by atoms with Crippen LogP contribution >= 0.6 is 0 Å². The lowest BCUT2D eigenvalue weighted by Gasteiger charge is -2.15. The molecule has 0 aliphatic carbocycles. The summed E-state index contributed by atoms with van der Waals surface area (Å²) in [5.41, 5.74) is 2.97. The van der Waals surface area contributed by atoms with Gasteiger partial charge in [0.2, 0.25) is 5.95 Å². The number of imidazole rings is 1. The number of hydrogen-bond acceptors (Lipinski definition) is 5. The summed E-state index contributed by atoms with van der Waals surface area (Å²) in [4.78, 5) is 13.3. The Morgan fingerprint density at radius 3 is 2.51 bits per heavy atom. The van der Waals surface area contributed by atoms with Crippen LogP contribution in [0.4, 0.5) is 14.7 Å². The molecule has 5 aromatic rings. The Labute approximate surface area is 200 Å². The molecule has 2 heterocycles. The van der Waals surface area contributed by atoms with Crippen molar-refractivity contribution in [1.29, 1.82) is 0 Å². The first kappa shape index (κ1) is 22.6. The highest BCUT2D eigenvalue weighted by Gasteiger charge is 2.13. The summed E-state index contributed by atoms with van der Waals surface area (Å²) in [6.45, 7) is 0.140. The average molecular weight is 472 g/mol. The molecule has 0 bridgehead atoms. The summed E-state index contributed by atoms with van der Waals surface area (Å²) < 4.78 is 28.7. The second-order valence-corrected chi connectivity index (χ2v) is 8.37. The highest BCUT2D eigenvalue weighted by molar-refractivity contribution is 5.86. The van der Waals surface area contributed by atoms with Crippen LogP contribution in [-0.2, 0) is 13.0 Å². The summed E-state index contributed by atoms with van der Waals surface area (Å²) in [5, 5.41) is 15.4. The minimum atomic E-state index is -0.615. The number of aliphatic hydroxyl groups is 1. The summed E-state index contributed by atoms with van der Waals surface area (Å²) >= 11 is 0. The smallest absolute Gasteiger partial charge is 0.223 e. The summed E-state index contributed by atoms with van der Waals surface area (Å²) in [7, 11) is 0. The van der Waals surface area contributed by atoms with Gasteiger partial charge < -0.3 is 15.0 Å². The fourth-order valence-electron chi connectivity index (χ4n) is 4.05. The van der Waals surface area contributed by atoms with E-state index in [0.29, 0.717) is 17.9 Å². The number of anilines is 1. The van der Waals surface area contributed by atoms with Crippen molar-refractivity contribution >= 4 is 16.7 Å². The van der Waals surface area contributed by atoms with Crippen molar-refractivity contribution in [2.24, 2.45) is 0 Å². The number of rotatable bonds is 8. The van der Waals surface area contributed by atoms with E-state index in [1.165, 1.54) is 12.1 Å². The van der Waals surface area contributed by atoms with E-state index in [1.807, 2.05) is 24.3 Å². The lowest BCUT2D eigenvalue weighted by Crippen LogP contribution is -2.27. The van der Waals surface area contributed by atoms with E-state index in [4.69, 9.17) is 0 Å². The summed E-state index contributed by atoms with van der Waals surface area (Å²) in [6, 6.07) is 19.2. The first-order valence-electron chi connectivity index (χ1n) is 11.2. The van der Waals surface area contributed by atoms with Crippen LogP contribution in [0.25, 0.3) is 22.0 Å². The van der Waals surface area contributed by atoms with Crippen molar-refractivity contribution in [3.8, 4) is 11.3 Å². The van der Waals surface area contributed by atoms with Gasteiger partial charge in [-0.25, -0.2) is 23.7 Å².